The highest BCUT2D eigenvalue weighted by Gasteiger charge is 2.26. The Morgan fingerprint density at radius 2 is 2.11 bits per heavy atom. The van der Waals surface area contributed by atoms with Crippen LogP contribution in [-0.2, 0) is 14.3 Å². The Labute approximate surface area is 112 Å². The average Bonchev–Trinajstić information content (AvgIpc) is 2.74. The molecular weight excluding hydrogens is 252 g/mol. The molecule has 8 heteroatoms. The molecule has 1 N–H and O–H groups in total. The van der Waals surface area contributed by atoms with Gasteiger partial charge in [-0.15, -0.1) is 0 Å². The van der Waals surface area contributed by atoms with Gasteiger partial charge >= 0.3 is 12.1 Å². The summed E-state index contributed by atoms with van der Waals surface area (Å²) in [6, 6.07) is -0.577. The van der Waals surface area contributed by atoms with Crippen molar-refractivity contribution in [2.24, 2.45) is 10.3 Å². The van der Waals surface area contributed by atoms with E-state index in [0.717, 1.165) is 0 Å². The van der Waals surface area contributed by atoms with Gasteiger partial charge in [-0.1, -0.05) is 5.22 Å². The van der Waals surface area contributed by atoms with Crippen LogP contribution in [0.15, 0.2) is 10.3 Å². The maximum Gasteiger partial charge on any atom is 0.407 e. The molecule has 0 aliphatic carbocycles. The lowest BCUT2D eigenvalue weighted by Gasteiger charge is -2.20. The van der Waals surface area contributed by atoms with Gasteiger partial charge < -0.3 is 14.8 Å². The largest absolute Gasteiger partial charge is 0.467 e. The molecule has 0 aromatic heterocycles. The first kappa shape index (κ1) is 15.2. The molecule has 108 valence electrons. The number of carbonyl (C=O) groups is 2. The number of hydrogen-bond acceptors (Lipinski definition) is 7. The van der Waals surface area contributed by atoms with E-state index in [4.69, 9.17) is 4.74 Å². The quantitative estimate of drug-likeness (QED) is 0.762. The summed E-state index contributed by atoms with van der Waals surface area (Å²) in [6.45, 7) is 6.56. The van der Waals surface area contributed by atoms with Crippen molar-refractivity contribution in [3.8, 4) is 0 Å². The van der Waals surface area contributed by atoms with Crippen LogP contribution in [0.25, 0.3) is 0 Å². The Balaban J connectivity index is 2.20. The van der Waals surface area contributed by atoms with Crippen molar-refractivity contribution in [3.63, 3.8) is 0 Å². The first-order valence-corrected chi connectivity index (χ1v) is 6.02. The minimum Gasteiger partial charge on any atom is -0.467 e. The summed E-state index contributed by atoms with van der Waals surface area (Å²) in [6.07, 6.45) is -0.479. The van der Waals surface area contributed by atoms with Gasteiger partial charge in [-0.3, -0.25) is 5.01 Å². The molecule has 0 bridgehead atoms. The minimum absolute atomic E-state index is 0.363. The molecule has 1 unspecified atom stereocenters. The Hall–Kier alpha value is -1.86. The number of rotatable bonds is 4. The van der Waals surface area contributed by atoms with Crippen LogP contribution in [0.3, 0.4) is 0 Å². The van der Waals surface area contributed by atoms with Gasteiger partial charge in [0.1, 0.15) is 5.60 Å². The predicted octanol–water partition coefficient (Wildman–Crippen LogP) is 0.735. The second kappa shape index (κ2) is 6.35. The molecule has 8 nitrogen and oxygen atoms in total. The molecule has 1 amide bonds. The number of hydrogen-bond donors (Lipinski definition) is 1. The second-order valence-electron chi connectivity index (χ2n) is 5.09. The molecule has 1 aliphatic heterocycles. The molecule has 0 radical (unpaired) electrons. The third-order valence-electron chi connectivity index (χ3n) is 2.21. The molecule has 0 aromatic carbocycles. The molecule has 0 fully saturated rings. The van der Waals surface area contributed by atoms with Crippen molar-refractivity contribution in [1.82, 2.24) is 10.3 Å². The Kier molecular flexibility index (Phi) is 5.08. The zero-order valence-electron chi connectivity index (χ0n) is 11.7. The molecule has 0 aromatic rings. The van der Waals surface area contributed by atoms with E-state index < -0.39 is 23.7 Å². The number of nitrogens with one attached hydrogen (secondary N) is 1. The lowest BCUT2D eigenvalue weighted by molar-refractivity contribution is -0.141. The Morgan fingerprint density at radius 1 is 1.42 bits per heavy atom. The fourth-order valence-corrected chi connectivity index (χ4v) is 1.40. The first-order valence-electron chi connectivity index (χ1n) is 6.02. The van der Waals surface area contributed by atoms with Crippen LogP contribution in [0.5, 0.6) is 0 Å². The highest BCUT2D eigenvalue weighted by atomic mass is 16.6. The SMILES string of the molecule is COC(=O)C1CN(CCNC(=O)OC(C)(C)C)N=N1. The Morgan fingerprint density at radius 3 is 2.68 bits per heavy atom. The molecule has 1 aliphatic rings. The van der Waals surface area contributed by atoms with Gasteiger partial charge in [0, 0.05) is 6.54 Å². The number of ether oxygens (including phenoxy) is 2. The number of methoxy groups -OCH3 is 1. The van der Waals surface area contributed by atoms with Gasteiger partial charge in [0.2, 0.25) is 0 Å². The van der Waals surface area contributed by atoms with Crippen LogP contribution >= 0.6 is 0 Å². The highest BCUT2D eigenvalue weighted by molar-refractivity contribution is 5.76. The molecule has 19 heavy (non-hydrogen) atoms. The normalized spacial score (nSPS) is 18.3. The summed E-state index contributed by atoms with van der Waals surface area (Å²) >= 11 is 0. The monoisotopic (exact) mass is 272 g/mol. The summed E-state index contributed by atoms with van der Waals surface area (Å²) < 4.78 is 9.65. The van der Waals surface area contributed by atoms with Gasteiger partial charge in [-0.05, 0) is 20.8 Å². The van der Waals surface area contributed by atoms with E-state index in [1.807, 2.05) is 0 Å². The van der Waals surface area contributed by atoms with Crippen molar-refractivity contribution in [3.05, 3.63) is 0 Å². The molecule has 1 heterocycles. The predicted molar refractivity (Wildman–Crippen MR) is 66.5 cm³/mol. The average molecular weight is 272 g/mol. The number of nitrogens with zero attached hydrogens (tertiary/aromatic N) is 3. The molecule has 1 rings (SSSR count). The van der Waals surface area contributed by atoms with Crippen LogP contribution in [0.1, 0.15) is 20.8 Å². The van der Waals surface area contributed by atoms with Crippen LogP contribution in [0.4, 0.5) is 4.79 Å². The number of carbonyl (C=O) groups excluding carboxylic acids is 2. The second-order valence-corrected chi connectivity index (χ2v) is 5.09. The van der Waals surface area contributed by atoms with Gasteiger partial charge in [-0.25, -0.2) is 9.59 Å². The fraction of sp³-hybridized carbons (Fsp3) is 0.818. The Bertz CT molecular complexity index is 364. The summed E-state index contributed by atoms with van der Waals surface area (Å²) in [5, 5.41) is 11.8. The molecule has 1 atom stereocenters. The van der Waals surface area contributed by atoms with E-state index in [1.54, 1.807) is 25.8 Å². The van der Waals surface area contributed by atoms with Crippen LogP contribution in [0, 0.1) is 0 Å². The maximum atomic E-state index is 11.4. The molecular formula is C11H20N4O4. The highest BCUT2D eigenvalue weighted by Crippen LogP contribution is 2.09. The van der Waals surface area contributed by atoms with E-state index in [2.05, 4.69) is 20.4 Å². The van der Waals surface area contributed by atoms with Gasteiger partial charge in [0.25, 0.3) is 0 Å². The third-order valence-corrected chi connectivity index (χ3v) is 2.21. The van der Waals surface area contributed by atoms with E-state index in [9.17, 15) is 9.59 Å². The van der Waals surface area contributed by atoms with Gasteiger partial charge in [-0.2, -0.15) is 5.11 Å². The molecule has 0 saturated heterocycles. The minimum atomic E-state index is -0.577. The standard InChI is InChI=1S/C11H20N4O4/c1-11(2,3)19-10(17)12-5-6-15-7-8(13-14-15)9(16)18-4/h8H,5-7H2,1-4H3,(H,12,17). The summed E-state index contributed by atoms with van der Waals surface area (Å²) in [5.74, 6) is -0.411. The van der Waals surface area contributed by atoms with Crippen LogP contribution in [0.2, 0.25) is 0 Å². The summed E-state index contributed by atoms with van der Waals surface area (Å²) in [5.41, 5.74) is -0.520. The number of alkyl carbamates (subject to hydrolysis) is 1. The van der Waals surface area contributed by atoms with Crippen molar-refractivity contribution < 1.29 is 19.1 Å². The van der Waals surface area contributed by atoms with E-state index in [1.165, 1.54) is 7.11 Å². The van der Waals surface area contributed by atoms with Crippen molar-refractivity contribution in [2.45, 2.75) is 32.4 Å². The fourth-order valence-electron chi connectivity index (χ4n) is 1.40. The van der Waals surface area contributed by atoms with Crippen LogP contribution in [-0.4, -0.2) is 55.5 Å². The zero-order chi connectivity index (χ0) is 14.5. The zero-order valence-corrected chi connectivity index (χ0v) is 11.7. The van der Waals surface area contributed by atoms with Gasteiger partial charge in [0.15, 0.2) is 6.04 Å². The number of amides is 1. The van der Waals surface area contributed by atoms with E-state index in [0.29, 0.717) is 19.6 Å². The molecule has 0 spiro atoms. The van der Waals surface area contributed by atoms with E-state index >= 15 is 0 Å². The summed E-state index contributed by atoms with van der Waals surface area (Å²) in [4.78, 5) is 22.6. The van der Waals surface area contributed by atoms with Crippen LogP contribution < -0.4 is 5.32 Å². The summed E-state index contributed by atoms with van der Waals surface area (Å²) in [7, 11) is 1.31. The third kappa shape index (κ3) is 5.54. The topological polar surface area (TPSA) is 92.6 Å². The molecule has 0 saturated carbocycles. The first-order chi connectivity index (χ1) is 8.81. The van der Waals surface area contributed by atoms with Crippen molar-refractivity contribution >= 4 is 12.1 Å². The van der Waals surface area contributed by atoms with Gasteiger partial charge in [0.05, 0.1) is 20.2 Å². The lowest BCUT2D eigenvalue weighted by Crippen LogP contribution is -2.37. The van der Waals surface area contributed by atoms with E-state index in [-0.39, 0.29) is 0 Å². The lowest BCUT2D eigenvalue weighted by atomic mass is 10.2. The van der Waals surface area contributed by atoms with Crippen molar-refractivity contribution in [1.29, 1.82) is 0 Å². The number of esters is 1. The van der Waals surface area contributed by atoms with Crippen molar-refractivity contribution in [2.75, 3.05) is 26.7 Å². The smallest absolute Gasteiger partial charge is 0.407 e. The maximum absolute atomic E-state index is 11.4.